The highest BCUT2D eigenvalue weighted by Crippen LogP contribution is 2.09. The van der Waals surface area contributed by atoms with Crippen LogP contribution >= 0.6 is 0 Å². The monoisotopic (exact) mass is 203 g/mol. The van der Waals surface area contributed by atoms with Crippen molar-refractivity contribution in [2.75, 3.05) is 6.61 Å². The number of rotatable bonds is 5. The van der Waals surface area contributed by atoms with Gasteiger partial charge < -0.3 is 9.26 Å². The predicted molar refractivity (Wildman–Crippen MR) is 56.8 cm³/mol. The lowest BCUT2D eigenvalue weighted by Gasteiger charge is -2.04. The minimum Gasteiger partial charge on any atom is -0.494 e. The SMILES string of the molecule is c1ccc(OCCCc2ccon2)cc1. The number of para-hydroxylation sites is 1. The van der Waals surface area contributed by atoms with E-state index in [-0.39, 0.29) is 0 Å². The lowest BCUT2D eigenvalue weighted by atomic mass is 10.2. The van der Waals surface area contributed by atoms with Crippen molar-refractivity contribution >= 4 is 0 Å². The molecule has 0 spiro atoms. The summed E-state index contributed by atoms with van der Waals surface area (Å²) >= 11 is 0. The second-order valence-corrected chi connectivity index (χ2v) is 3.26. The third-order valence-electron chi connectivity index (χ3n) is 2.08. The van der Waals surface area contributed by atoms with Crippen molar-refractivity contribution in [2.24, 2.45) is 0 Å². The molecule has 0 aliphatic heterocycles. The number of hydrogen-bond donors (Lipinski definition) is 0. The molecule has 15 heavy (non-hydrogen) atoms. The highest BCUT2D eigenvalue weighted by Gasteiger charge is 1.96. The molecule has 78 valence electrons. The van der Waals surface area contributed by atoms with Gasteiger partial charge in [-0.2, -0.15) is 0 Å². The maximum absolute atomic E-state index is 5.55. The minimum absolute atomic E-state index is 0.705. The number of aromatic nitrogens is 1. The summed E-state index contributed by atoms with van der Waals surface area (Å²) in [5.74, 6) is 0.914. The smallest absolute Gasteiger partial charge is 0.124 e. The highest BCUT2D eigenvalue weighted by atomic mass is 16.5. The van der Waals surface area contributed by atoms with Crippen molar-refractivity contribution in [2.45, 2.75) is 12.8 Å². The molecule has 0 radical (unpaired) electrons. The van der Waals surface area contributed by atoms with E-state index in [1.54, 1.807) is 6.26 Å². The quantitative estimate of drug-likeness (QED) is 0.701. The molecule has 1 heterocycles. The van der Waals surface area contributed by atoms with Crippen LogP contribution in [0.3, 0.4) is 0 Å². The Hall–Kier alpha value is -1.77. The molecule has 0 atom stereocenters. The Kier molecular flexibility index (Phi) is 3.38. The predicted octanol–water partition coefficient (Wildman–Crippen LogP) is 2.69. The van der Waals surface area contributed by atoms with Crippen molar-refractivity contribution in [3.8, 4) is 5.75 Å². The molecule has 2 aromatic rings. The molecule has 0 unspecified atom stereocenters. The van der Waals surface area contributed by atoms with Gasteiger partial charge in [0.2, 0.25) is 0 Å². The van der Waals surface area contributed by atoms with Crippen LogP contribution < -0.4 is 4.74 Å². The van der Waals surface area contributed by atoms with Crippen molar-refractivity contribution in [3.63, 3.8) is 0 Å². The molecule has 0 aliphatic rings. The van der Waals surface area contributed by atoms with Crippen LogP contribution in [0.5, 0.6) is 5.75 Å². The Morgan fingerprint density at radius 1 is 1.13 bits per heavy atom. The first-order valence-electron chi connectivity index (χ1n) is 5.02. The summed E-state index contributed by atoms with van der Waals surface area (Å²) in [6.07, 6.45) is 3.43. The molecule has 1 aromatic carbocycles. The molecule has 0 bridgehead atoms. The van der Waals surface area contributed by atoms with E-state index in [0.717, 1.165) is 24.3 Å². The summed E-state index contributed by atoms with van der Waals surface area (Å²) in [5, 5.41) is 3.83. The Morgan fingerprint density at radius 3 is 2.73 bits per heavy atom. The average molecular weight is 203 g/mol. The maximum Gasteiger partial charge on any atom is 0.124 e. The summed E-state index contributed by atoms with van der Waals surface area (Å²) in [6, 6.07) is 11.7. The van der Waals surface area contributed by atoms with E-state index in [1.165, 1.54) is 0 Å². The van der Waals surface area contributed by atoms with Crippen LogP contribution in [0.4, 0.5) is 0 Å². The van der Waals surface area contributed by atoms with Gasteiger partial charge in [0.15, 0.2) is 0 Å². The molecule has 3 heteroatoms. The van der Waals surface area contributed by atoms with Crippen LogP contribution in [0.15, 0.2) is 47.2 Å². The van der Waals surface area contributed by atoms with E-state index in [4.69, 9.17) is 9.26 Å². The topological polar surface area (TPSA) is 35.3 Å². The van der Waals surface area contributed by atoms with E-state index >= 15 is 0 Å². The van der Waals surface area contributed by atoms with Gasteiger partial charge in [-0.05, 0) is 25.0 Å². The third kappa shape index (κ3) is 3.13. The lowest BCUT2D eigenvalue weighted by Crippen LogP contribution is -1.99. The van der Waals surface area contributed by atoms with Crippen molar-refractivity contribution in [1.82, 2.24) is 5.16 Å². The number of ether oxygens (including phenoxy) is 1. The van der Waals surface area contributed by atoms with E-state index in [1.807, 2.05) is 36.4 Å². The zero-order chi connectivity index (χ0) is 10.3. The number of nitrogens with zero attached hydrogens (tertiary/aromatic N) is 1. The van der Waals surface area contributed by atoms with Crippen LogP contribution in [-0.4, -0.2) is 11.8 Å². The minimum atomic E-state index is 0.705. The first-order chi connectivity index (χ1) is 7.45. The maximum atomic E-state index is 5.55. The first-order valence-corrected chi connectivity index (χ1v) is 5.02. The Morgan fingerprint density at radius 2 is 2.00 bits per heavy atom. The molecular weight excluding hydrogens is 190 g/mol. The number of benzene rings is 1. The summed E-state index contributed by atoms with van der Waals surface area (Å²) in [5.41, 5.74) is 0.978. The second-order valence-electron chi connectivity index (χ2n) is 3.26. The fourth-order valence-corrected chi connectivity index (χ4v) is 1.33. The fraction of sp³-hybridized carbons (Fsp3) is 0.250. The fourth-order valence-electron chi connectivity index (χ4n) is 1.33. The van der Waals surface area contributed by atoms with Crippen LogP contribution in [0.1, 0.15) is 12.1 Å². The van der Waals surface area contributed by atoms with Gasteiger partial charge in [-0.3, -0.25) is 0 Å². The molecule has 1 aromatic heterocycles. The summed E-state index contributed by atoms with van der Waals surface area (Å²) < 4.78 is 10.3. The summed E-state index contributed by atoms with van der Waals surface area (Å²) in [4.78, 5) is 0. The van der Waals surface area contributed by atoms with E-state index in [0.29, 0.717) is 6.61 Å². The lowest BCUT2D eigenvalue weighted by molar-refractivity contribution is 0.309. The second kappa shape index (κ2) is 5.20. The first kappa shape index (κ1) is 9.77. The largest absolute Gasteiger partial charge is 0.494 e. The van der Waals surface area contributed by atoms with Gasteiger partial charge in [0.05, 0.1) is 12.3 Å². The van der Waals surface area contributed by atoms with E-state index in [9.17, 15) is 0 Å². The van der Waals surface area contributed by atoms with Gasteiger partial charge in [-0.15, -0.1) is 0 Å². The summed E-state index contributed by atoms with van der Waals surface area (Å²) in [6.45, 7) is 0.705. The van der Waals surface area contributed by atoms with E-state index in [2.05, 4.69) is 5.16 Å². The van der Waals surface area contributed by atoms with Crippen molar-refractivity contribution in [1.29, 1.82) is 0 Å². The van der Waals surface area contributed by atoms with Crippen molar-refractivity contribution in [3.05, 3.63) is 48.4 Å². The van der Waals surface area contributed by atoms with Gasteiger partial charge >= 0.3 is 0 Å². The van der Waals surface area contributed by atoms with Crippen LogP contribution in [0.2, 0.25) is 0 Å². The Balaban J connectivity index is 1.68. The summed E-state index contributed by atoms with van der Waals surface area (Å²) in [7, 11) is 0. The molecule has 2 rings (SSSR count). The molecule has 0 saturated carbocycles. The van der Waals surface area contributed by atoms with Gasteiger partial charge in [-0.1, -0.05) is 23.4 Å². The van der Waals surface area contributed by atoms with Crippen molar-refractivity contribution < 1.29 is 9.26 Å². The molecule has 0 amide bonds. The molecular formula is C12H13NO2. The molecule has 0 aliphatic carbocycles. The highest BCUT2D eigenvalue weighted by molar-refractivity contribution is 5.20. The van der Waals surface area contributed by atoms with E-state index < -0.39 is 0 Å². The Bertz CT molecular complexity index is 370. The number of hydrogen-bond acceptors (Lipinski definition) is 3. The molecule has 3 nitrogen and oxygen atoms in total. The van der Waals surface area contributed by atoms with Crippen LogP contribution in [-0.2, 0) is 6.42 Å². The van der Waals surface area contributed by atoms with Crippen LogP contribution in [0.25, 0.3) is 0 Å². The number of aryl methyl sites for hydroxylation is 1. The molecule has 0 N–H and O–H groups in total. The Labute approximate surface area is 88.7 Å². The van der Waals surface area contributed by atoms with Gasteiger partial charge in [0.1, 0.15) is 12.0 Å². The standard InChI is InChI=1S/C12H13NO2/c1-2-6-12(7-3-1)14-9-4-5-11-8-10-15-13-11/h1-3,6-8,10H,4-5,9H2. The molecule has 0 saturated heterocycles. The third-order valence-corrected chi connectivity index (χ3v) is 2.08. The van der Waals surface area contributed by atoms with Gasteiger partial charge in [-0.25, -0.2) is 0 Å². The average Bonchev–Trinajstić information content (AvgIpc) is 2.79. The molecule has 0 fully saturated rings. The zero-order valence-corrected chi connectivity index (χ0v) is 8.43. The normalized spacial score (nSPS) is 10.1. The van der Waals surface area contributed by atoms with Gasteiger partial charge in [0, 0.05) is 6.07 Å². The zero-order valence-electron chi connectivity index (χ0n) is 8.43. The van der Waals surface area contributed by atoms with Crippen LogP contribution in [0, 0.1) is 0 Å². The van der Waals surface area contributed by atoms with Gasteiger partial charge in [0.25, 0.3) is 0 Å².